The van der Waals surface area contributed by atoms with E-state index >= 15 is 0 Å². The quantitative estimate of drug-likeness (QED) is 0.770. The molecule has 0 aliphatic carbocycles. The summed E-state index contributed by atoms with van der Waals surface area (Å²) in [5.41, 5.74) is 1.10. The smallest absolute Gasteiger partial charge is 0.303 e. The molecule has 1 unspecified atom stereocenters. The van der Waals surface area contributed by atoms with E-state index < -0.39 is 22.0 Å². The number of nitrogens with one attached hydrogen (secondary N) is 1. The Balaban J connectivity index is 2.70. The maximum absolute atomic E-state index is 12.1. The third kappa shape index (κ3) is 5.30. The molecule has 0 saturated carbocycles. The SMILES string of the molecule is CCCc1ccc(S(=O)(=O)NC(C)CCC(=O)O)cc1. The lowest BCUT2D eigenvalue weighted by atomic mass is 10.1. The summed E-state index contributed by atoms with van der Waals surface area (Å²) in [5, 5.41) is 8.58. The second-order valence-electron chi connectivity index (χ2n) is 4.85. The Bertz CT molecular complexity index is 537. The molecule has 1 aromatic carbocycles. The molecule has 0 bridgehead atoms. The first kappa shape index (κ1) is 16.7. The fraction of sp³-hybridized carbons (Fsp3) is 0.500. The Kier molecular flexibility index (Phi) is 6.16. The highest BCUT2D eigenvalue weighted by atomic mass is 32.2. The Morgan fingerprint density at radius 2 is 1.90 bits per heavy atom. The van der Waals surface area contributed by atoms with E-state index in [0.29, 0.717) is 0 Å². The molecule has 1 aromatic rings. The molecule has 0 amide bonds. The van der Waals surface area contributed by atoms with Crippen LogP contribution in [0.3, 0.4) is 0 Å². The average Bonchev–Trinajstić information content (AvgIpc) is 2.37. The number of carboxylic acids is 1. The third-order valence-electron chi connectivity index (χ3n) is 2.92. The lowest BCUT2D eigenvalue weighted by molar-refractivity contribution is -0.137. The van der Waals surface area contributed by atoms with Gasteiger partial charge in [0, 0.05) is 12.5 Å². The van der Waals surface area contributed by atoms with Gasteiger partial charge in [0.2, 0.25) is 10.0 Å². The maximum Gasteiger partial charge on any atom is 0.303 e. The minimum absolute atomic E-state index is 0.0564. The summed E-state index contributed by atoms with van der Waals surface area (Å²) in [5.74, 6) is -0.931. The predicted molar refractivity (Wildman–Crippen MR) is 77.1 cm³/mol. The number of carbonyl (C=O) groups is 1. The summed E-state index contributed by atoms with van der Waals surface area (Å²) in [6.45, 7) is 3.72. The van der Waals surface area contributed by atoms with Crippen molar-refractivity contribution in [1.82, 2.24) is 4.72 Å². The van der Waals surface area contributed by atoms with E-state index in [-0.39, 0.29) is 17.7 Å². The molecule has 0 radical (unpaired) electrons. The molecule has 0 spiro atoms. The topological polar surface area (TPSA) is 83.5 Å². The molecular weight excluding hydrogens is 278 g/mol. The van der Waals surface area contributed by atoms with Crippen molar-refractivity contribution in [2.24, 2.45) is 0 Å². The summed E-state index contributed by atoms with van der Waals surface area (Å²) in [7, 11) is -3.58. The Morgan fingerprint density at radius 3 is 2.40 bits per heavy atom. The highest BCUT2D eigenvalue weighted by Gasteiger charge is 2.17. The molecule has 0 fully saturated rings. The number of aliphatic carboxylic acids is 1. The number of hydrogen-bond donors (Lipinski definition) is 2. The standard InChI is InChI=1S/C14H21NO4S/c1-3-4-12-6-8-13(9-7-12)20(18,19)15-11(2)5-10-14(16)17/h6-9,11,15H,3-5,10H2,1-2H3,(H,16,17). The summed E-state index contributed by atoms with van der Waals surface area (Å²) >= 11 is 0. The summed E-state index contributed by atoms with van der Waals surface area (Å²) in [4.78, 5) is 10.7. The predicted octanol–water partition coefficient (Wildman–Crippen LogP) is 2.17. The summed E-state index contributed by atoms with van der Waals surface area (Å²) < 4.78 is 26.7. The monoisotopic (exact) mass is 299 g/mol. The van der Waals surface area contributed by atoms with E-state index in [4.69, 9.17) is 5.11 Å². The van der Waals surface area contributed by atoms with Crippen molar-refractivity contribution < 1.29 is 18.3 Å². The van der Waals surface area contributed by atoms with Crippen molar-refractivity contribution >= 4 is 16.0 Å². The van der Waals surface area contributed by atoms with Crippen LogP contribution in [0.1, 0.15) is 38.7 Å². The highest BCUT2D eigenvalue weighted by Crippen LogP contribution is 2.13. The zero-order chi connectivity index (χ0) is 15.2. The van der Waals surface area contributed by atoms with E-state index in [1.54, 1.807) is 31.2 Å². The lowest BCUT2D eigenvalue weighted by Gasteiger charge is -2.13. The highest BCUT2D eigenvalue weighted by molar-refractivity contribution is 7.89. The molecule has 0 aromatic heterocycles. The minimum atomic E-state index is -3.58. The van der Waals surface area contributed by atoms with Crippen LogP contribution in [0.2, 0.25) is 0 Å². The van der Waals surface area contributed by atoms with Crippen LogP contribution in [-0.2, 0) is 21.2 Å². The molecule has 0 saturated heterocycles. The minimum Gasteiger partial charge on any atom is -0.481 e. The molecule has 0 aliphatic rings. The molecule has 0 aliphatic heterocycles. The van der Waals surface area contributed by atoms with Gasteiger partial charge in [0.1, 0.15) is 0 Å². The van der Waals surface area contributed by atoms with Crippen LogP contribution in [0.25, 0.3) is 0 Å². The van der Waals surface area contributed by atoms with Crippen LogP contribution in [-0.4, -0.2) is 25.5 Å². The Morgan fingerprint density at radius 1 is 1.30 bits per heavy atom. The molecule has 2 N–H and O–H groups in total. The maximum atomic E-state index is 12.1. The molecule has 112 valence electrons. The largest absolute Gasteiger partial charge is 0.481 e. The zero-order valence-electron chi connectivity index (χ0n) is 11.8. The first-order valence-corrected chi connectivity index (χ1v) is 8.16. The fourth-order valence-corrected chi connectivity index (χ4v) is 3.13. The van der Waals surface area contributed by atoms with Crippen molar-refractivity contribution in [2.45, 2.75) is 50.5 Å². The van der Waals surface area contributed by atoms with Crippen LogP contribution in [0.15, 0.2) is 29.2 Å². The van der Waals surface area contributed by atoms with Gasteiger partial charge in [-0.25, -0.2) is 13.1 Å². The van der Waals surface area contributed by atoms with Crippen molar-refractivity contribution in [1.29, 1.82) is 0 Å². The summed E-state index contributed by atoms with van der Waals surface area (Å²) in [6.07, 6.45) is 2.14. The lowest BCUT2D eigenvalue weighted by Crippen LogP contribution is -2.33. The number of aryl methyl sites for hydroxylation is 1. The zero-order valence-corrected chi connectivity index (χ0v) is 12.6. The van der Waals surface area contributed by atoms with Gasteiger partial charge >= 0.3 is 5.97 Å². The fourth-order valence-electron chi connectivity index (χ4n) is 1.86. The number of rotatable bonds is 8. The second-order valence-corrected chi connectivity index (χ2v) is 6.56. The van der Waals surface area contributed by atoms with Crippen LogP contribution >= 0.6 is 0 Å². The molecule has 1 rings (SSSR count). The average molecular weight is 299 g/mol. The number of sulfonamides is 1. The van der Waals surface area contributed by atoms with Gasteiger partial charge in [0.25, 0.3) is 0 Å². The van der Waals surface area contributed by atoms with Gasteiger partial charge < -0.3 is 5.11 Å². The van der Waals surface area contributed by atoms with Crippen molar-refractivity contribution in [3.8, 4) is 0 Å². The Labute approximate surface area is 120 Å². The molecular formula is C14H21NO4S. The van der Waals surface area contributed by atoms with E-state index in [9.17, 15) is 13.2 Å². The van der Waals surface area contributed by atoms with Gasteiger partial charge in [-0.2, -0.15) is 0 Å². The van der Waals surface area contributed by atoms with Crippen LogP contribution in [0, 0.1) is 0 Å². The molecule has 20 heavy (non-hydrogen) atoms. The van der Waals surface area contributed by atoms with Gasteiger partial charge in [-0.3, -0.25) is 4.79 Å². The number of hydrogen-bond acceptors (Lipinski definition) is 3. The van der Waals surface area contributed by atoms with Crippen molar-refractivity contribution in [2.75, 3.05) is 0 Å². The van der Waals surface area contributed by atoms with E-state index in [1.165, 1.54) is 0 Å². The molecule has 5 nitrogen and oxygen atoms in total. The van der Waals surface area contributed by atoms with E-state index in [0.717, 1.165) is 18.4 Å². The number of benzene rings is 1. The van der Waals surface area contributed by atoms with Gasteiger partial charge in [0.05, 0.1) is 4.90 Å². The Hall–Kier alpha value is -1.40. The van der Waals surface area contributed by atoms with E-state index in [2.05, 4.69) is 11.6 Å². The molecule has 1 atom stereocenters. The first-order chi connectivity index (χ1) is 9.35. The second kappa shape index (κ2) is 7.40. The van der Waals surface area contributed by atoms with Crippen LogP contribution in [0.4, 0.5) is 0 Å². The van der Waals surface area contributed by atoms with Crippen molar-refractivity contribution in [3.05, 3.63) is 29.8 Å². The van der Waals surface area contributed by atoms with Gasteiger partial charge in [-0.15, -0.1) is 0 Å². The van der Waals surface area contributed by atoms with Gasteiger partial charge in [-0.1, -0.05) is 25.5 Å². The van der Waals surface area contributed by atoms with Gasteiger partial charge in [-0.05, 0) is 37.5 Å². The van der Waals surface area contributed by atoms with Gasteiger partial charge in [0.15, 0.2) is 0 Å². The van der Waals surface area contributed by atoms with Crippen LogP contribution < -0.4 is 4.72 Å². The first-order valence-electron chi connectivity index (χ1n) is 6.68. The van der Waals surface area contributed by atoms with Crippen LogP contribution in [0.5, 0.6) is 0 Å². The third-order valence-corrected chi connectivity index (χ3v) is 4.53. The normalized spacial score (nSPS) is 13.1. The molecule has 6 heteroatoms. The number of carboxylic acid groups (broad SMARTS) is 1. The molecule has 0 heterocycles. The van der Waals surface area contributed by atoms with E-state index in [1.807, 2.05) is 0 Å². The summed E-state index contributed by atoms with van der Waals surface area (Å²) in [6, 6.07) is 6.36. The van der Waals surface area contributed by atoms with Crippen molar-refractivity contribution in [3.63, 3.8) is 0 Å².